The summed E-state index contributed by atoms with van der Waals surface area (Å²) in [6, 6.07) is 5.64. The molecule has 3 aromatic rings. The Morgan fingerprint density at radius 2 is 1.79 bits per heavy atom. The van der Waals surface area contributed by atoms with Gasteiger partial charge in [-0.1, -0.05) is 0 Å². The van der Waals surface area contributed by atoms with Crippen LogP contribution in [0.4, 0.5) is 20.4 Å². The molecule has 2 fully saturated rings. The third-order valence-corrected chi connectivity index (χ3v) is 5.44. The van der Waals surface area contributed by atoms with E-state index in [2.05, 4.69) is 14.9 Å². The molecule has 5 heterocycles. The second-order valence-corrected chi connectivity index (χ2v) is 7.71. The summed E-state index contributed by atoms with van der Waals surface area (Å²) in [6.45, 7) is 3.44. The maximum Gasteiger partial charge on any atom is 0.282 e. The highest BCUT2D eigenvalue weighted by molar-refractivity contribution is 5.64. The Morgan fingerprint density at radius 1 is 1.00 bits per heavy atom. The molecule has 0 aliphatic carbocycles. The van der Waals surface area contributed by atoms with Crippen LogP contribution in [0.25, 0.3) is 17.0 Å². The van der Waals surface area contributed by atoms with Crippen molar-refractivity contribution in [1.82, 2.24) is 19.4 Å². The first kappa shape index (κ1) is 17.3. The van der Waals surface area contributed by atoms with Crippen LogP contribution in [0.2, 0.25) is 0 Å². The maximum atomic E-state index is 13.3. The number of halogens is 2. The van der Waals surface area contributed by atoms with Gasteiger partial charge in [-0.2, -0.15) is 0 Å². The number of piperidine rings is 1. The molecule has 2 aliphatic heterocycles. The lowest BCUT2D eigenvalue weighted by atomic mass is 10.1. The number of aryl methyl sites for hydroxylation is 1. The van der Waals surface area contributed by atoms with Crippen LogP contribution in [-0.4, -0.2) is 51.5 Å². The van der Waals surface area contributed by atoms with E-state index >= 15 is 0 Å². The normalized spacial score (nSPS) is 19.1. The van der Waals surface area contributed by atoms with Crippen LogP contribution >= 0.6 is 0 Å². The predicted molar refractivity (Wildman–Crippen MR) is 104 cm³/mol. The Kier molecular flexibility index (Phi) is 3.96. The molecular weight excluding hydrogens is 362 g/mol. The average Bonchev–Trinajstić information content (AvgIpc) is 3.09. The van der Waals surface area contributed by atoms with Gasteiger partial charge in [-0.3, -0.25) is 4.40 Å². The SMILES string of the molecule is Cc1cc(-c2cnc3ccc(N4CC(F)(F)C4)cn23)nc(N2CCCCC2)n1. The van der Waals surface area contributed by atoms with Gasteiger partial charge in [-0.05, 0) is 44.4 Å². The minimum atomic E-state index is -2.60. The molecule has 0 saturated carbocycles. The quantitative estimate of drug-likeness (QED) is 0.691. The first-order chi connectivity index (χ1) is 13.5. The second kappa shape index (κ2) is 6.39. The Bertz CT molecular complexity index is 1020. The van der Waals surface area contributed by atoms with Crippen molar-refractivity contribution in [2.75, 3.05) is 36.0 Å². The molecule has 0 spiro atoms. The Morgan fingerprint density at radius 3 is 2.54 bits per heavy atom. The number of anilines is 2. The zero-order chi connectivity index (χ0) is 19.3. The lowest BCUT2D eigenvalue weighted by Gasteiger charge is -2.40. The van der Waals surface area contributed by atoms with Gasteiger partial charge in [0.05, 0.1) is 36.4 Å². The third-order valence-electron chi connectivity index (χ3n) is 5.44. The van der Waals surface area contributed by atoms with Gasteiger partial charge in [0.2, 0.25) is 5.95 Å². The standard InChI is InChI=1S/C20H22F2N6/c1-14-9-16(25-19(24-14)26-7-3-2-4-8-26)17-10-23-18-6-5-15(11-28(17)18)27-12-20(21,22)13-27/h5-6,9-11H,2-4,7-8,12-13H2,1H3. The Labute approximate surface area is 161 Å². The van der Waals surface area contributed by atoms with Crippen LogP contribution < -0.4 is 9.80 Å². The van der Waals surface area contributed by atoms with E-state index in [0.29, 0.717) is 0 Å². The molecule has 0 N–H and O–H groups in total. The molecule has 0 radical (unpaired) electrons. The smallest absolute Gasteiger partial charge is 0.282 e. The fourth-order valence-electron chi connectivity index (χ4n) is 3.96. The van der Waals surface area contributed by atoms with Gasteiger partial charge in [0.25, 0.3) is 5.92 Å². The molecule has 8 heteroatoms. The third kappa shape index (κ3) is 3.06. The predicted octanol–water partition coefficient (Wildman–Crippen LogP) is 3.55. The molecule has 0 aromatic carbocycles. The molecule has 28 heavy (non-hydrogen) atoms. The number of hydrogen-bond acceptors (Lipinski definition) is 5. The number of alkyl halides is 2. The summed E-state index contributed by atoms with van der Waals surface area (Å²) in [5, 5.41) is 0. The minimum Gasteiger partial charge on any atom is -0.358 e. The van der Waals surface area contributed by atoms with Crippen LogP contribution in [0.3, 0.4) is 0 Å². The molecule has 0 amide bonds. The van der Waals surface area contributed by atoms with Crippen LogP contribution in [0, 0.1) is 6.92 Å². The van der Waals surface area contributed by atoms with Crippen LogP contribution in [0.15, 0.2) is 30.6 Å². The van der Waals surface area contributed by atoms with E-state index in [1.54, 1.807) is 11.1 Å². The highest BCUT2D eigenvalue weighted by Crippen LogP contribution is 2.32. The van der Waals surface area contributed by atoms with Gasteiger partial charge >= 0.3 is 0 Å². The molecule has 0 atom stereocenters. The fourth-order valence-corrected chi connectivity index (χ4v) is 3.96. The van der Waals surface area contributed by atoms with E-state index in [-0.39, 0.29) is 13.1 Å². The number of aromatic nitrogens is 4. The summed E-state index contributed by atoms with van der Waals surface area (Å²) < 4.78 is 28.4. The molecule has 2 aliphatic rings. The van der Waals surface area contributed by atoms with Crippen molar-refractivity contribution in [3.63, 3.8) is 0 Å². The van der Waals surface area contributed by atoms with Gasteiger partial charge in [-0.25, -0.2) is 23.7 Å². The first-order valence-electron chi connectivity index (χ1n) is 9.69. The number of pyridine rings is 1. The number of hydrogen-bond donors (Lipinski definition) is 0. The van der Waals surface area contributed by atoms with Crippen molar-refractivity contribution in [3.8, 4) is 11.4 Å². The van der Waals surface area contributed by atoms with E-state index in [1.165, 1.54) is 6.42 Å². The van der Waals surface area contributed by atoms with Crippen LogP contribution in [-0.2, 0) is 0 Å². The maximum absolute atomic E-state index is 13.3. The minimum absolute atomic E-state index is 0.242. The van der Waals surface area contributed by atoms with E-state index in [4.69, 9.17) is 4.98 Å². The van der Waals surface area contributed by atoms with Gasteiger partial charge in [0.1, 0.15) is 5.65 Å². The summed E-state index contributed by atoms with van der Waals surface area (Å²) in [5.41, 5.74) is 4.07. The van der Waals surface area contributed by atoms with Crippen LogP contribution in [0.1, 0.15) is 25.0 Å². The topological polar surface area (TPSA) is 49.6 Å². The van der Waals surface area contributed by atoms with Crippen LogP contribution in [0.5, 0.6) is 0 Å². The molecule has 0 unspecified atom stereocenters. The molecule has 6 nitrogen and oxygen atoms in total. The molecule has 2 saturated heterocycles. The number of fused-ring (bicyclic) bond motifs is 1. The second-order valence-electron chi connectivity index (χ2n) is 7.71. The van der Waals surface area contributed by atoms with E-state index in [9.17, 15) is 8.78 Å². The summed E-state index contributed by atoms with van der Waals surface area (Å²) in [6.07, 6.45) is 7.22. The fraction of sp³-hybridized carbons (Fsp3) is 0.450. The van der Waals surface area contributed by atoms with Crippen molar-refractivity contribution in [3.05, 3.63) is 36.3 Å². The molecule has 5 rings (SSSR count). The van der Waals surface area contributed by atoms with E-state index < -0.39 is 5.92 Å². The number of rotatable bonds is 3. The van der Waals surface area contributed by atoms with Gasteiger partial charge in [0.15, 0.2) is 0 Å². The average molecular weight is 384 g/mol. The molecular formula is C20H22F2N6. The highest BCUT2D eigenvalue weighted by atomic mass is 19.3. The van der Waals surface area contributed by atoms with Crippen molar-refractivity contribution >= 4 is 17.3 Å². The van der Waals surface area contributed by atoms with E-state index in [0.717, 1.165) is 60.3 Å². The van der Waals surface area contributed by atoms with Crippen molar-refractivity contribution < 1.29 is 8.78 Å². The Balaban J connectivity index is 1.53. The number of imidazole rings is 1. The van der Waals surface area contributed by atoms with Crippen molar-refractivity contribution in [2.24, 2.45) is 0 Å². The molecule has 146 valence electrons. The molecule has 0 bridgehead atoms. The lowest BCUT2D eigenvalue weighted by molar-refractivity contribution is -0.0262. The first-order valence-corrected chi connectivity index (χ1v) is 9.69. The zero-order valence-corrected chi connectivity index (χ0v) is 15.8. The summed E-state index contributed by atoms with van der Waals surface area (Å²) in [7, 11) is 0. The van der Waals surface area contributed by atoms with E-state index in [1.807, 2.05) is 35.7 Å². The number of nitrogens with zero attached hydrogens (tertiary/aromatic N) is 6. The largest absolute Gasteiger partial charge is 0.358 e. The summed E-state index contributed by atoms with van der Waals surface area (Å²) >= 11 is 0. The Hall–Kier alpha value is -2.77. The monoisotopic (exact) mass is 384 g/mol. The highest BCUT2D eigenvalue weighted by Gasteiger charge is 2.44. The zero-order valence-electron chi connectivity index (χ0n) is 15.8. The van der Waals surface area contributed by atoms with Crippen molar-refractivity contribution in [1.29, 1.82) is 0 Å². The van der Waals surface area contributed by atoms with Gasteiger partial charge in [0, 0.05) is 25.0 Å². The summed E-state index contributed by atoms with van der Waals surface area (Å²) in [4.78, 5) is 17.8. The molecule has 3 aromatic heterocycles. The van der Waals surface area contributed by atoms with Crippen molar-refractivity contribution in [2.45, 2.75) is 32.1 Å². The van der Waals surface area contributed by atoms with Gasteiger partial charge < -0.3 is 9.80 Å². The van der Waals surface area contributed by atoms with Gasteiger partial charge in [-0.15, -0.1) is 0 Å². The summed E-state index contributed by atoms with van der Waals surface area (Å²) in [5.74, 6) is -1.84. The lowest BCUT2D eigenvalue weighted by Crippen LogP contribution is -2.56.